The van der Waals surface area contributed by atoms with Crippen molar-refractivity contribution in [3.63, 3.8) is 0 Å². The molecule has 4 atom stereocenters. The molecule has 0 bridgehead atoms. The van der Waals surface area contributed by atoms with Gasteiger partial charge in [0.1, 0.15) is 11.9 Å². The molecule has 1 heterocycles. The summed E-state index contributed by atoms with van der Waals surface area (Å²) in [5.41, 5.74) is 0.796. The summed E-state index contributed by atoms with van der Waals surface area (Å²) in [6, 6.07) is 6.00. The van der Waals surface area contributed by atoms with Crippen molar-refractivity contribution < 1.29 is 24.5 Å². The first-order chi connectivity index (χ1) is 12.6. The third-order valence-electron chi connectivity index (χ3n) is 6.04. The molecule has 1 saturated heterocycles. The molecule has 0 radical (unpaired) electrons. The SMILES string of the molecule is C/C1=C\[C@@H](O)C(C)(C)CCC[C@@]2(C)O[C@@H]2CC1OC(=O)c1ccc(O)cc1. The fraction of sp³-hybridized carbons (Fsp3) is 0.591. The molecule has 0 spiro atoms. The summed E-state index contributed by atoms with van der Waals surface area (Å²) in [6.07, 6.45) is 4.22. The largest absolute Gasteiger partial charge is 0.508 e. The Labute approximate surface area is 161 Å². The molecule has 0 saturated carbocycles. The van der Waals surface area contributed by atoms with Crippen molar-refractivity contribution in [1.29, 1.82) is 0 Å². The van der Waals surface area contributed by atoms with Gasteiger partial charge in [-0.15, -0.1) is 0 Å². The Morgan fingerprint density at radius 1 is 1.19 bits per heavy atom. The van der Waals surface area contributed by atoms with E-state index in [1.165, 1.54) is 24.3 Å². The molecule has 1 fully saturated rings. The van der Waals surface area contributed by atoms with Gasteiger partial charge < -0.3 is 19.7 Å². The topological polar surface area (TPSA) is 79.3 Å². The number of ether oxygens (including phenoxy) is 2. The molecule has 1 aromatic carbocycles. The molecule has 0 amide bonds. The Hall–Kier alpha value is -1.85. The van der Waals surface area contributed by atoms with Crippen LogP contribution < -0.4 is 0 Å². The second-order valence-corrected chi connectivity index (χ2v) is 8.79. The summed E-state index contributed by atoms with van der Waals surface area (Å²) in [7, 11) is 0. The number of phenols is 1. The lowest BCUT2D eigenvalue weighted by molar-refractivity contribution is 0.0333. The highest BCUT2D eigenvalue weighted by atomic mass is 16.6. The first-order valence-electron chi connectivity index (χ1n) is 9.65. The zero-order valence-electron chi connectivity index (χ0n) is 16.6. The van der Waals surface area contributed by atoms with Gasteiger partial charge >= 0.3 is 5.97 Å². The number of fused-ring (bicyclic) bond motifs is 1. The molecule has 1 aromatic rings. The molecule has 1 aliphatic heterocycles. The van der Waals surface area contributed by atoms with Crippen LogP contribution in [0.4, 0.5) is 0 Å². The standard InChI is InChI=1S/C22H30O5/c1-14-12-18(24)21(2,3)10-5-11-22(4)19(27-22)13-17(14)26-20(25)15-6-8-16(23)9-7-15/h6-9,12,17-19,23-24H,5,10-11,13H2,1-4H3/b14-12+/t17?,18-,19-,22-/m1/s1. The van der Waals surface area contributed by atoms with Gasteiger partial charge in [-0.25, -0.2) is 4.79 Å². The Balaban J connectivity index is 1.82. The molecule has 0 aromatic heterocycles. The molecule has 3 rings (SSSR count). The van der Waals surface area contributed by atoms with Crippen LogP contribution in [0.15, 0.2) is 35.9 Å². The van der Waals surface area contributed by atoms with E-state index in [0.717, 1.165) is 24.8 Å². The smallest absolute Gasteiger partial charge is 0.338 e. The minimum atomic E-state index is -0.601. The molecule has 1 unspecified atom stereocenters. The van der Waals surface area contributed by atoms with E-state index in [0.29, 0.717) is 12.0 Å². The van der Waals surface area contributed by atoms with Crippen molar-refractivity contribution in [2.45, 2.75) is 77.3 Å². The van der Waals surface area contributed by atoms with E-state index < -0.39 is 18.2 Å². The average molecular weight is 374 g/mol. The lowest BCUT2D eigenvalue weighted by Crippen LogP contribution is -2.29. The second-order valence-electron chi connectivity index (χ2n) is 8.79. The van der Waals surface area contributed by atoms with Gasteiger partial charge in [-0.3, -0.25) is 0 Å². The maximum atomic E-state index is 12.6. The maximum absolute atomic E-state index is 12.6. The van der Waals surface area contributed by atoms with Crippen LogP contribution in [0.25, 0.3) is 0 Å². The minimum Gasteiger partial charge on any atom is -0.508 e. The monoisotopic (exact) mass is 374 g/mol. The van der Waals surface area contributed by atoms with Crippen LogP contribution in [-0.4, -0.2) is 40.1 Å². The van der Waals surface area contributed by atoms with Crippen LogP contribution in [0.2, 0.25) is 0 Å². The number of benzene rings is 1. The number of carbonyl (C=O) groups is 1. The summed E-state index contributed by atoms with van der Waals surface area (Å²) in [5, 5.41) is 20.1. The van der Waals surface area contributed by atoms with Crippen molar-refractivity contribution in [2.24, 2.45) is 5.41 Å². The number of epoxide rings is 1. The predicted octanol–water partition coefficient (Wildman–Crippen LogP) is 3.98. The molecular formula is C22H30O5. The summed E-state index contributed by atoms with van der Waals surface area (Å²) >= 11 is 0. The fourth-order valence-electron chi connectivity index (χ4n) is 3.75. The molecular weight excluding hydrogens is 344 g/mol. The summed E-state index contributed by atoms with van der Waals surface area (Å²) in [6.45, 7) is 8.12. The minimum absolute atomic E-state index is 0.0526. The lowest BCUT2D eigenvalue weighted by atomic mass is 9.80. The van der Waals surface area contributed by atoms with Crippen LogP contribution >= 0.6 is 0 Å². The van der Waals surface area contributed by atoms with E-state index in [2.05, 4.69) is 20.8 Å². The number of aliphatic hydroxyl groups is 1. The highest BCUT2D eigenvalue weighted by molar-refractivity contribution is 5.89. The first-order valence-corrected chi connectivity index (χ1v) is 9.65. The molecule has 2 aliphatic rings. The van der Waals surface area contributed by atoms with Gasteiger partial charge in [0.15, 0.2) is 0 Å². The summed E-state index contributed by atoms with van der Waals surface area (Å²) < 4.78 is 11.7. The van der Waals surface area contributed by atoms with Gasteiger partial charge in [0.2, 0.25) is 0 Å². The normalized spacial score (nSPS) is 35.1. The van der Waals surface area contributed by atoms with Crippen LogP contribution in [0.5, 0.6) is 5.75 Å². The van der Waals surface area contributed by atoms with E-state index in [-0.39, 0.29) is 22.9 Å². The number of phenolic OH excluding ortho intramolecular Hbond substituents is 1. The Morgan fingerprint density at radius 2 is 1.85 bits per heavy atom. The number of rotatable bonds is 2. The lowest BCUT2D eigenvalue weighted by Gasteiger charge is -2.30. The van der Waals surface area contributed by atoms with Gasteiger partial charge in [0.05, 0.1) is 23.4 Å². The highest BCUT2D eigenvalue weighted by Gasteiger charge is 2.53. The van der Waals surface area contributed by atoms with E-state index in [9.17, 15) is 15.0 Å². The van der Waals surface area contributed by atoms with E-state index in [1.54, 1.807) is 0 Å². The molecule has 5 heteroatoms. The fourth-order valence-corrected chi connectivity index (χ4v) is 3.75. The molecule has 27 heavy (non-hydrogen) atoms. The van der Waals surface area contributed by atoms with Crippen LogP contribution in [0.3, 0.4) is 0 Å². The maximum Gasteiger partial charge on any atom is 0.338 e. The molecule has 5 nitrogen and oxygen atoms in total. The average Bonchev–Trinajstić information content (AvgIpc) is 3.23. The van der Waals surface area contributed by atoms with Gasteiger partial charge in [0.25, 0.3) is 0 Å². The Morgan fingerprint density at radius 3 is 2.52 bits per heavy atom. The first kappa shape index (κ1) is 19.9. The van der Waals surface area contributed by atoms with Crippen LogP contribution in [-0.2, 0) is 9.47 Å². The van der Waals surface area contributed by atoms with Gasteiger partial charge in [0, 0.05) is 6.42 Å². The van der Waals surface area contributed by atoms with E-state index in [4.69, 9.17) is 9.47 Å². The number of esters is 1. The molecule has 1 aliphatic carbocycles. The summed E-state index contributed by atoms with van der Waals surface area (Å²) in [4.78, 5) is 12.6. The zero-order valence-corrected chi connectivity index (χ0v) is 16.6. The van der Waals surface area contributed by atoms with Crippen LogP contribution in [0, 0.1) is 5.41 Å². The van der Waals surface area contributed by atoms with E-state index in [1.807, 2.05) is 13.0 Å². The molecule has 148 valence electrons. The Bertz CT molecular complexity index is 721. The predicted molar refractivity (Wildman–Crippen MR) is 103 cm³/mol. The van der Waals surface area contributed by atoms with Crippen molar-refractivity contribution >= 4 is 5.97 Å². The van der Waals surface area contributed by atoms with Crippen molar-refractivity contribution in [1.82, 2.24) is 0 Å². The van der Waals surface area contributed by atoms with Gasteiger partial charge in [-0.2, -0.15) is 0 Å². The highest BCUT2D eigenvalue weighted by Crippen LogP contribution is 2.46. The number of hydrogen-bond donors (Lipinski definition) is 2. The third-order valence-corrected chi connectivity index (χ3v) is 6.04. The quantitative estimate of drug-likeness (QED) is 0.465. The molecule has 2 N–H and O–H groups in total. The van der Waals surface area contributed by atoms with Crippen molar-refractivity contribution in [2.75, 3.05) is 0 Å². The number of aromatic hydroxyl groups is 1. The van der Waals surface area contributed by atoms with Crippen molar-refractivity contribution in [3.05, 3.63) is 41.5 Å². The van der Waals surface area contributed by atoms with Crippen molar-refractivity contribution in [3.8, 4) is 5.75 Å². The number of aliphatic hydroxyl groups excluding tert-OH is 1. The number of hydrogen-bond acceptors (Lipinski definition) is 5. The number of carbonyl (C=O) groups excluding carboxylic acids is 1. The van der Waals surface area contributed by atoms with Gasteiger partial charge in [-0.05, 0) is 68.4 Å². The summed E-state index contributed by atoms with van der Waals surface area (Å²) in [5.74, 6) is -0.344. The third kappa shape index (κ3) is 4.53. The second kappa shape index (κ2) is 7.28. The Kier molecular flexibility index (Phi) is 5.37. The van der Waals surface area contributed by atoms with Gasteiger partial charge in [-0.1, -0.05) is 19.9 Å². The zero-order chi connectivity index (χ0) is 19.8. The van der Waals surface area contributed by atoms with Crippen LogP contribution in [0.1, 0.15) is 63.7 Å². The van der Waals surface area contributed by atoms with E-state index >= 15 is 0 Å².